The fraction of sp³-hybridized carbons (Fsp3) is 0.444. The summed E-state index contributed by atoms with van der Waals surface area (Å²) >= 11 is 0. The van der Waals surface area contributed by atoms with Crippen LogP contribution in [0.4, 0.5) is 5.69 Å². The Kier molecular flexibility index (Phi) is 5.45. The number of hydrogen-bond acceptors (Lipinski definition) is 6. The minimum atomic E-state index is -0.0979. The molecule has 2 saturated heterocycles. The first-order valence-electron chi connectivity index (χ1n) is 12.0. The molecule has 6 heteroatoms. The summed E-state index contributed by atoms with van der Waals surface area (Å²) in [6.07, 6.45) is 2.05. The van der Waals surface area contributed by atoms with E-state index in [0.29, 0.717) is 5.89 Å². The maximum atomic E-state index is 6.32. The van der Waals surface area contributed by atoms with Gasteiger partial charge in [0.2, 0.25) is 5.89 Å². The minimum absolute atomic E-state index is 0.0979. The molecule has 3 aromatic rings. The predicted octanol–water partition coefficient (Wildman–Crippen LogP) is 4.51. The molecule has 172 valence electrons. The molecule has 2 fully saturated rings. The summed E-state index contributed by atoms with van der Waals surface area (Å²) in [5.41, 5.74) is 5.93. The van der Waals surface area contributed by atoms with Crippen LogP contribution in [0.25, 0.3) is 11.5 Å². The third-order valence-electron chi connectivity index (χ3n) is 7.43. The molecule has 1 aromatic heterocycles. The summed E-state index contributed by atoms with van der Waals surface area (Å²) < 4.78 is 17.8. The average molecular weight is 446 g/mol. The Morgan fingerprint density at radius 2 is 1.70 bits per heavy atom. The number of likely N-dealkylation sites (tertiary alicyclic amines) is 1. The van der Waals surface area contributed by atoms with Crippen LogP contribution in [0, 0.1) is 6.92 Å². The lowest BCUT2D eigenvalue weighted by molar-refractivity contribution is -0.0800. The van der Waals surface area contributed by atoms with Crippen LogP contribution in [0.1, 0.15) is 35.4 Å². The standard InChI is InChI=1S/C27H31N3O3/c1-20-25(18-29-12-10-27(11-13-29)24-5-3-2-4-22(24)19-32-27)28-26(33-20)21-6-8-23(9-7-21)30-14-16-31-17-15-30/h2-9H,10-19H2,1H3. The van der Waals surface area contributed by atoms with Crippen molar-refractivity contribution >= 4 is 5.69 Å². The Morgan fingerprint density at radius 3 is 2.48 bits per heavy atom. The van der Waals surface area contributed by atoms with Crippen molar-refractivity contribution in [2.45, 2.75) is 38.5 Å². The fourth-order valence-corrected chi connectivity index (χ4v) is 5.42. The van der Waals surface area contributed by atoms with E-state index in [1.54, 1.807) is 0 Å². The van der Waals surface area contributed by atoms with Gasteiger partial charge in [-0.2, -0.15) is 0 Å². The van der Waals surface area contributed by atoms with Gasteiger partial charge in [-0.1, -0.05) is 24.3 Å². The van der Waals surface area contributed by atoms with Gasteiger partial charge < -0.3 is 18.8 Å². The maximum absolute atomic E-state index is 6.32. The van der Waals surface area contributed by atoms with E-state index in [1.807, 2.05) is 6.92 Å². The van der Waals surface area contributed by atoms with E-state index < -0.39 is 0 Å². The lowest BCUT2D eigenvalue weighted by atomic mass is 9.84. The molecular weight excluding hydrogens is 414 g/mol. The zero-order valence-electron chi connectivity index (χ0n) is 19.3. The Bertz CT molecular complexity index is 1110. The van der Waals surface area contributed by atoms with E-state index in [2.05, 4.69) is 58.3 Å². The lowest BCUT2D eigenvalue weighted by Crippen LogP contribution is -2.42. The summed E-state index contributed by atoms with van der Waals surface area (Å²) in [6, 6.07) is 17.2. The Morgan fingerprint density at radius 1 is 0.939 bits per heavy atom. The van der Waals surface area contributed by atoms with E-state index in [0.717, 1.165) is 82.4 Å². The fourth-order valence-electron chi connectivity index (χ4n) is 5.42. The van der Waals surface area contributed by atoms with Crippen molar-refractivity contribution in [3.05, 3.63) is 71.1 Å². The molecule has 0 N–H and O–H groups in total. The number of ether oxygens (including phenoxy) is 2. The highest BCUT2D eigenvalue weighted by molar-refractivity contribution is 5.60. The number of oxazole rings is 1. The summed E-state index contributed by atoms with van der Waals surface area (Å²) in [4.78, 5) is 9.70. The molecule has 33 heavy (non-hydrogen) atoms. The number of piperidine rings is 1. The SMILES string of the molecule is Cc1oc(-c2ccc(N3CCOCC3)cc2)nc1CN1CCC2(CC1)OCc1ccccc12. The van der Waals surface area contributed by atoms with Crippen LogP contribution >= 0.6 is 0 Å². The Hall–Kier alpha value is -2.67. The Labute approximate surface area is 195 Å². The number of rotatable bonds is 4. The van der Waals surface area contributed by atoms with Gasteiger partial charge in [0.05, 0.1) is 31.1 Å². The van der Waals surface area contributed by atoms with Crippen molar-refractivity contribution in [3.63, 3.8) is 0 Å². The van der Waals surface area contributed by atoms with Crippen LogP contribution < -0.4 is 4.90 Å². The second kappa shape index (κ2) is 8.60. The molecule has 0 unspecified atom stereocenters. The van der Waals surface area contributed by atoms with Crippen LogP contribution in [0.2, 0.25) is 0 Å². The number of aryl methyl sites for hydroxylation is 1. The molecule has 3 aliphatic heterocycles. The molecule has 0 aliphatic carbocycles. The molecule has 1 spiro atoms. The van der Waals surface area contributed by atoms with Gasteiger partial charge in [0.1, 0.15) is 5.76 Å². The van der Waals surface area contributed by atoms with Crippen molar-refractivity contribution in [3.8, 4) is 11.5 Å². The Balaban J connectivity index is 1.11. The zero-order chi connectivity index (χ0) is 22.3. The van der Waals surface area contributed by atoms with Crippen LogP contribution in [-0.2, 0) is 28.2 Å². The molecule has 0 radical (unpaired) electrons. The summed E-state index contributed by atoms with van der Waals surface area (Å²) in [5, 5.41) is 0. The first-order chi connectivity index (χ1) is 16.2. The number of hydrogen-bond donors (Lipinski definition) is 0. The number of anilines is 1. The molecule has 0 bridgehead atoms. The van der Waals surface area contributed by atoms with Crippen molar-refractivity contribution in [2.24, 2.45) is 0 Å². The second-order valence-corrected chi connectivity index (χ2v) is 9.38. The predicted molar refractivity (Wildman–Crippen MR) is 127 cm³/mol. The summed E-state index contributed by atoms with van der Waals surface area (Å²) in [6.45, 7) is 9.06. The van der Waals surface area contributed by atoms with Crippen molar-refractivity contribution in [1.29, 1.82) is 0 Å². The van der Waals surface area contributed by atoms with Crippen LogP contribution in [0.5, 0.6) is 0 Å². The molecule has 3 aliphatic rings. The van der Waals surface area contributed by atoms with Crippen LogP contribution in [-0.4, -0.2) is 49.3 Å². The molecule has 4 heterocycles. The summed E-state index contributed by atoms with van der Waals surface area (Å²) in [7, 11) is 0. The topological polar surface area (TPSA) is 51.0 Å². The van der Waals surface area contributed by atoms with Gasteiger partial charge in [0.15, 0.2) is 0 Å². The first-order valence-corrected chi connectivity index (χ1v) is 12.0. The van der Waals surface area contributed by atoms with Crippen LogP contribution in [0.15, 0.2) is 52.9 Å². The number of morpholine rings is 1. The van der Waals surface area contributed by atoms with E-state index in [-0.39, 0.29) is 5.60 Å². The van der Waals surface area contributed by atoms with Gasteiger partial charge in [-0.25, -0.2) is 4.98 Å². The van der Waals surface area contributed by atoms with Gasteiger partial charge in [0.25, 0.3) is 0 Å². The zero-order valence-corrected chi connectivity index (χ0v) is 19.3. The molecular formula is C27H31N3O3. The van der Waals surface area contributed by atoms with E-state index in [4.69, 9.17) is 18.9 Å². The molecule has 0 amide bonds. The molecule has 0 saturated carbocycles. The summed E-state index contributed by atoms with van der Waals surface area (Å²) in [5.74, 6) is 1.61. The quantitative estimate of drug-likeness (QED) is 0.589. The number of nitrogens with zero attached hydrogens (tertiary/aromatic N) is 3. The third-order valence-corrected chi connectivity index (χ3v) is 7.43. The largest absolute Gasteiger partial charge is 0.441 e. The molecule has 0 atom stereocenters. The smallest absolute Gasteiger partial charge is 0.226 e. The lowest BCUT2D eigenvalue weighted by Gasteiger charge is -2.39. The van der Waals surface area contributed by atoms with Crippen molar-refractivity contribution in [1.82, 2.24) is 9.88 Å². The van der Waals surface area contributed by atoms with Crippen molar-refractivity contribution in [2.75, 3.05) is 44.3 Å². The van der Waals surface area contributed by atoms with E-state index >= 15 is 0 Å². The number of fused-ring (bicyclic) bond motifs is 2. The second-order valence-electron chi connectivity index (χ2n) is 9.38. The highest BCUT2D eigenvalue weighted by Crippen LogP contribution is 2.44. The molecule has 6 rings (SSSR count). The van der Waals surface area contributed by atoms with Gasteiger partial charge in [0, 0.05) is 44.0 Å². The van der Waals surface area contributed by atoms with Crippen LogP contribution in [0.3, 0.4) is 0 Å². The van der Waals surface area contributed by atoms with Gasteiger partial charge >= 0.3 is 0 Å². The van der Waals surface area contributed by atoms with Gasteiger partial charge in [-0.05, 0) is 55.2 Å². The van der Waals surface area contributed by atoms with E-state index in [1.165, 1.54) is 16.8 Å². The van der Waals surface area contributed by atoms with E-state index in [9.17, 15) is 0 Å². The number of benzene rings is 2. The highest BCUT2D eigenvalue weighted by atomic mass is 16.5. The van der Waals surface area contributed by atoms with Gasteiger partial charge in [-0.3, -0.25) is 4.90 Å². The minimum Gasteiger partial charge on any atom is -0.441 e. The number of aromatic nitrogens is 1. The average Bonchev–Trinajstić information content (AvgIpc) is 3.42. The monoisotopic (exact) mass is 445 g/mol. The third kappa shape index (κ3) is 3.97. The molecule has 2 aromatic carbocycles. The normalized spacial score (nSPS) is 20.3. The van der Waals surface area contributed by atoms with Gasteiger partial charge in [-0.15, -0.1) is 0 Å². The first kappa shape index (κ1) is 20.9. The van der Waals surface area contributed by atoms with Crippen molar-refractivity contribution < 1.29 is 13.9 Å². The maximum Gasteiger partial charge on any atom is 0.226 e. The molecule has 6 nitrogen and oxygen atoms in total. The highest BCUT2D eigenvalue weighted by Gasteiger charge is 2.42.